The Kier molecular flexibility index (Phi) is 7.19. The lowest BCUT2D eigenvalue weighted by Gasteiger charge is -2.29. The van der Waals surface area contributed by atoms with E-state index in [4.69, 9.17) is 4.74 Å². The Morgan fingerprint density at radius 1 is 0.358 bits per heavy atom. The van der Waals surface area contributed by atoms with E-state index in [-0.39, 0.29) is 5.41 Å². The van der Waals surface area contributed by atoms with Crippen molar-refractivity contribution in [3.05, 3.63) is 199 Å². The van der Waals surface area contributed by atoms with Crippen LogP contribution in [0.3, 0.4) is 0 Å². The molecule has 8 aromatic rings. The van der Waals surface area contributed by atoms with Crippen LogP contribution >= 0.6 is 0 Å². The summed E-state index contributed by atoms with van der Waals surface area (Å²) < 4.78 is 6.88. The number of hydrogen-bond acceptors (Lipinski definition) is 2. The molecule has 0 atom stereocenters. The number of rotatable bonds is 5. The van der Waals surface area contributed by atoms with Gasteiger partial charge in [-0.25, -0.2) is 0 Å². The lowest BCUT2D eigenvalue weighted by atomic mass is 9.82. The van der Waals surface area contributed by atoms with Crippen molar-refractivity contribution in [3.8, 4) is 67.1 Å². The molecular formula is C51H37NO. The van der Waals surface area contributed by atoms with Crippen LogP contribution in [0.25, 0.3) is 55.6 Å². The van der Waals surface area contributed by atoms with Gasteiger partial charge in [0.15, 0.2) is 0 Å². The molecule has 0 radical (unpaired) electrons. The van der Waals surface area contributed by atoms with Crippen LogP contribution in [0.4, 0.5) is 17.1 Å². The third kappa shape index (κ3) is 5.10. The second-order valence-corrected chi connectivity index (χ2v) is 14.5. The van der Waals surface area contributed by atoms with Crippen LogP contribution in [0.1, 0.15) is 25.0 Å². The molecule has 0 N–H and O–H groups in total. The smallest absolute Gasteiger partial charge is 0.135 e. The predicted octanol–water partition coefficient (Wildman–Crippen LogP) is 14.2. The third-order valence-corrected chi connectivity index (χ3v) is 11.1. The Labute approximate surface area is 311 Å². The van der Waals surface area contributed by atoms with Gasteiger partial charge in [-0.15, -0.1) is 0 Å². The van der Waals surface area contributed by atoms with Crippen molar-refractivity contribution >= 4 is 17.1 Å². The summed E-state index contributed by atoms with van der Waals surface area (Å²) in [7, 11) is 0. The lowest BCUT2D eigenvalue weighted by Crippen LogP contribution is -2.16. The van der Waals surface area contributed by atoms with E-state index in [9.17, 15) is 0 Å². The minimum absolute atomic E-state index is 0.123. The highest BCUT2D eigenvalue weighted by Crippen LogP contribution is 2.53. The maximum absolute atomic E-state index is 6.88. The van der Waals surface area contributed by atoms with E-state index in [1.807, 2.05) is 0 Å². The molecule has 1 aliphatic heterocycles. The Morgan fingerprint density at radius 3 is 1.75 bits per heavy atom. The zero-order valence-electron chi connectivity index (χ0n) is 29.8. The van der Waals surface area contributed by atoms with E-state index in [0.717, 1.165) is 56.4 Å². The molecular weight excluding hydrogens is 643 g/mol. The third-order valence-electron chi connectivity index (χ3n) is 11.1. The zero-order chi connectivity index (χ0) is 35.5. The maximum atomic E-state index is 6.88. The van der Waals surface area contributed by atoms with Gasteiger partial charge in [-0.2, -0.15) is 0 Å². The first kappa shape index (κ1) is 31.1. The molecule has 0 amide bonds. The highest BCUT2D eigenvalue weighted by Gasteiger charge is 2.36. The van der Waals surface area contributed by atoms with Gasteiger partial charge in [-0.3, -0.25) is 0 Å². The molecule has 0 aromatic heterocycles. The summed E-state index contributed by atoms with van der Waals surface area (Å²) >= 11 is 0. The first-order valence-corrected chi connectivity index (χ1v) is 18.3. The lowest BCUT2D eigenvalue weighted by molar-refractivity contribution is 0.488. The largest absolute Gasteiger partial charge is 0.456 e. The summed E-state index contributed by atoms with van der Waals surface area (Å²) in [6.45, 7) is 4.69. The van der Waals surface area contributed by atoms with Gasteiger partial charge in [-0.1, -0.05) is 153 Å². The van der Waals surface area contributed by atoms with Crippen LogP contribution in [0.5, 0.6) is 11.5 Å². The van der Waals surface area contributed by atoms with Crippen molar-refractivity contribution in [2.45, 2.75) is 19.3 Å². The van der Waals surface area contributed by atoms with Crippen LogP contribution in [-0.2, 0) is 5.41 Å². The van der Waals surface area contributed by atoms with Gasteiger partial charge in [0.2, 0.25) is 0 Å². The van der Waals surface area contributed by atoms with Crippen molar-refractivity contribution in [3.63, 3.8) is 0 Å². The average Bonchev–Trinajstić information content (AvgIpc) is 3.34. The first-order valence-electron chi connectivity index (χ1n) is 18.3. The number of hydrogen-bond donors (Lipinski definition) is 0. The fraction of sp³-hybridized carbons (Fsp3) is 0.0588. The van der Waals surface area contributed by atoms with Gasteiger partial charge in [0.25, 0.3) is 0 Å². The van der Waals surface area contributed by atoms with Crippen molar-refractivity contribution in [1.29, 1.82) is 0 Å². The molecule has 1 heterocycles. The van der Waals surface area contributed by atoms with Gasteiger partial charge in [0.05, 0.1) is 0 Å². The van der Waals surface area contributed by atoms with Crippen LogP contribution in [-0.4, -0.2) is 0 Å². The molecule has 53 heavy (non-hydrogen) atoms. The van der Waals surface area contributed by atoms with Crippen molar-refractivity contribution in [2.75, 3.05) is 4.90 Å². The quantitative estimate of drug-likeness (QED) is 0.180. The molecule has 0 saturated carbocycles. The molecule has 252 valence electrons. The highest BCUT2D eigenvalue weighted by atomic mass is 16.5. The minimum atomic E-state index is -0.123. The molecule has 1 aliphatic carbocycles. The maximum Gasteiger partial charge on any atom is 0.135 e. The van der Waals surface area contributed by atoms with E-state index in [1.54, 1.807) is 0 Å². The Bertz CT molecular complexity index is 2670. The molecule has 0 spiro atoms. The molecule has 0 bridgehead atoms. The van der Waals surface area contributed by atoms with Crippen molar-refractivity contribution in [1.82, 2.24) is 0 Å². The monoisotopic (exact) mass is 679 g/mol. The van der Waals surface area contributed by atoms with Crippen molar-refractivity contribution < 1.29 is 4.74 Å². The molecule has 10 rings (SSSR count). The summed E-state index contributed by atoms with van der Waals surface area (Å²) in [5, 5.41) is 0. The SMILES string of the molecule is CC1(C)c2ccccc2-c2ccc(N(c3cccc(-c4ccccc4)c3)c3ccc4c(c3)-c3ccccc3-c3c(cccc3-c3ccccc3)O4)cc21. The van der Waals surface area contributed by atoms with Gasteiger partial charge in [0, 0.05) is 33.6 Å². The van der Waals surface area contributed by atoms with Gasteiger partial charge < -0.3 is 9.64 Å². The standard InChI is InChI=1S/C51H37NO/c1-51(2)46-25-12-11-22-42(46)43-29-27-39(33-47(43)51)52(37-20-13-19-36(31-37)34-15-5-3-6-16-34)38-28-30-48-45(32-38)41-21-9-10-23-44(41)50-40(24-14-26-49(50)53-48)35-17-7-4-8-18-35/h3-33H,1-2H3. The molecule has 2 heteroatoms. The fourth-order valence-corrected chi connectivity index (χ4v) is 8.50. The van der Waals surface area contributed by atoms with Crippen molar-refractivity contribution in [2.24, 2.45) is 0 Å². The summed E-state index contributed by atoms with van der Waals surface area (Å²) in [4.78, 5) is 2.40. The highest BCUT2D eigenvalue weighted by molar-refractivity contribution is 5.98. The molecule has 2 nitrogen and oxygen atoms in total. The van der Waals surface area contributed by atoms with E-state index in [1.165, 1.54) is 38.9 Å². The molecule has 0 unspecified atom stereocenters. The average molecular weight is 680 g/mol. The molecule has 8 aromatic carbocycles. The second-order valence-electron chi connectivity index (χ2n) is 14.5. The molecule has 2 aliphatic rings. The van der Waals surface area contributed by atoms with Crippen LogP contribution in [0, 0.1) is 0 Å². The van der Waals surface area contributed by atoms with E-state index >= 15 is 0 Å². The van der Waals surface area contributed by atoms with Crippen LogP contribution in [0.2, 0.25) is 0 Å². The number of anilines is 3. The van der Waals surface area contributed by atoms with Crippen LogP contribution in [0.15, 0.2) is 188 Å². The summed E-state index contributed by atoms with van der Waals surface area (Å²) in [6, 6.07) is 67.7. The van der Waals surface area contributed by atoms with E-state index in [0.29, 0.717) is 0 Å². The summed E-state index contributed by atoms with van der Waals surface area (Å²) in [5.41, 5.74) is 17.7. The van der Waals surface area contributed by atoms with E-state index in [2.05, 4.69) is 207 Å². The number of nitrogens with zero attached hydrogens (tertiary/aromatic N) is 1. The molecule has 0 fully saturated rings. The van der Waals surface area contributed by atoms with Gasteiger partial charge in [0.1, 0.15) is 11.5 Å². The first-order chi connectivity index (χ1) is 26.0. The van der Waals surface area contributed by atoms with Crippen LogP contribution < -0.4 is 9.64 Å². The summed E-state index contributed by atoms with van der Waals surface area (Å²) in [5.74, 6) is 1.70. The number of fused-ring (bicyclic) bond motifs is 8. The Morgan fingerprint density at radius 2 is 0.943 bits per heavy atom. The Hall–Kier alpha value is -6.64. The summed E-state index contributed by atoms with van der Waals surface area (Å²) in [6.07, 6.45) is 0. The second kappa shape index (κ2) is 12.3. The van der Waals surface area contributed by atoms with E-state index < -0.39 is 0 Å². The molecule has 0 saturated heterocycles. The Balaban J connectivity index is 1.17. The normalized spacial score (nSPS) is 13.0. The van der Waals surface area contributed by atoms with Gasteiger partial charge >= 0.3 is 0 Å². The topological polar surface area (TPSA) is 12.5 Å². The van der Waals surface area contributed by atoms with Gasteiger partial charge in [-0.05, 0) is 104 Å². The zero-order valence-corrected chi connectivity index (χ0v) is 29.8. The fourth-order valence-electron chi connectivity index (χ4n) is 8.50. The predicted molar refractivity (Wildman–Crippen MR) is 221 cm³/mol. The number of ether oxygens (including phenoxy) is 1. The number of benzene rings is 8. The minimum Gasteiger partial charge on any atom is -0.456 e.